The normalized spacial score (nSPS) is 11.9. The maximum Gasteiger partial charge on any atom is 0.166 e. The molecule has 17 heavy (non-hydrogen) atoms. The Kier molecular flexibility index (Phi) is 5.86. The van der Waals surface area contributed by atoms with Crippen LogP contribution in [-0.4, -0.2) is 22.9 Å². The van der Waals surface area contributed by atoms with Crippen LogP contribution in [0.2, 0.25) is 0 Å². The van der Waals surface area contributed by atoms with Crippen LogP contribution < -0.4 is 10.6 Å². The van der Waals surface area contributed by atoms with Crippen molar-refractivity contribution in [3.8, 4) is 0 Å². The number of hydrogen-bond donors (Lipinski definition) is 3. The summed E-state index contributed by atoms with van der Waals surface area (Å²) >= 11 is 5.08. The van der Waals surface area contributed by atoms with E-state index in [0.717, 1.165) is 12.0 Å². The highest BCUT2D eigenvalue weighted by molar-refractivity contribution is 7.80. The molecule has 1 aromatic carbocycles. The first-order valence-electron chi connectivity index (χ1n) is 5.55. The summed E-state index contributed by atoms with van der Waals surface area (Å²) in [7, 11) is 0. The molecule has 0 saturated carbocycles. The minimum absolute atomic E-state index is 0.0248. The molecule has 0 saturated heterocycles. The Balaban J connectivity index is 2.35. The van der Waals surface area contributed by atoms with E-state index >= 15 is 0 Å². The van der Waals surface area contributed by atoms with Gasteiger partial charge in [-0.2, -0.15) is 0 Å². The van der Waals surface area contributed by atoms with Gasteiger partial charge in [0.15, 0.2) is 5.11 Å². The van der Waals surface area contributed by atoms with Crippen LogP contribution in [0.3, 0.4) is 0 Å². The molecule has 1 rings (SSSR count). The lowest BCUT2D eigenvalue weighted by atomic mass is 10.2. The lowest BCUT2D eigenvalue weighted by Gasteiger charge is -2.17. The van der Waals surface area contributed by atoms with Crippen molar-refractivity contribution in [3.05, 3.63) is 35.6 Å². The van der Waals surface area contributed by atoms with Crippen LogP contribution in [0.25, 0.3) is 0 Å². The summed E-state index contributed by atoms with van der Waals surface area (Å²) in [6, 6.07) is 6.21. The molecule has 3 N–H and O–H groups in total. The molecule has 5 heteroatoms. The van der Waals surface area contributed by atoms with Crippen molar-refractivity contribution in [1.82, 2.24) is 10.6 Å². The number of aliphatic hydroxyl groups excluding tert-OH is 1. The minimum atomic E-state index is -0.249. The first-order valence-corrected chi connectivity index (χ1v) is 5.96. The number of nitrogens with one attached hydrogen (secondary N) is 2. The van der Waals surface area contributed by atoms with Crippen molar-refractivity contribution in [1.29, 1.82) is 0 Å². The highest BCUT2D eigenvalue weighted by atomic mass is 32.1. The fourth-order valence-corrected chi connectivity index (χ4v) is 1.54. The second kappa shape index (κ2) is 7.19. The molecule has 0 spiro atoms. The third-order valence-electron chi connectivity index (χ3n) is 2.41. The topological polar surface area (TPSA) is 44.3 Å². The molecular formula is C12H17FN2OS. The Morgan fingerprint density at radius 3 is 2.59 bits per heavy atom. The molecule has 1 aromatic rings. The first kappa shape index (κ1) is 13.9. The molecule has 0 aliphatic heterocycles. The molecule has 0 aliphatic carbocycles. The van der Waals surface area contributed by atoms with Crippen molar-refractivity contribution in [2.75, 3.05) is 6.61 Å². The van der Waals surface area contributed by atoms with Crippen LogP contribution in [0.4, 0.5) is 4.39 Å². The third-order valence-corrected chi connectivity index (χ3v) is 2.68. The van der Waals surface area contributed by atoms with E-state index in [0.29, 0.717) is 11.7 Å². The van der Waals surface area contributed by atoms with Crippen LogP contribution in [0, 0.1) is 5.82 Å². The zero-order valence-electron chi connectivity index (χ0n) is 9.74. The summed E-state index contributed by atoms with van der Waals surface area (Å²) in [6.07, 6.45) is 0.800. The van der Waals surface area contributed by atoms with Crippen molar-refractivity contribution in [2.45, 2.75) is 25.9 Å². The van der Waals surface area contributed by atoms with Gasteiger partial charge in [-0.25, -0.2) is 4.39 Å². The van der Waals surface area contributed by atoms with Crippen molar-refractivity contribution in [3.63, 3.8) is 0 Å². The van der Waals surface area contributed by atoms with Crippen LogP contribution in [0.1, 0.15) is 18.9 Å². The van der Waals surface area contributed by atoms with Crippen molar-refractivity contribution >= 4 is 17.3 Å². The van der Waals surface area contributed by atoms with E-state index in [1.807, 2.05) is 6.92 Å². The Bertz CT molecular complexity index is 352. The van der Waals surface area contributed by atoms with Gasteiger partial charge in [-0.05, 0) is 36.3 Å². The van der Waals surface area contributed by atoms with Crippen molar-refractivity contribution < 1.29 is 9.50 Å². The summed E-state index contributed by atoms with van der Waals surface area (Å²) in [5.74, 6) is -0.249. The fraction of sp³-hybridized carbons (Fsp3) is 0.417. The average molecular weight is 256 g/mol. The second-order valence-electron chi connectivity index (χ2n) is 3.74. The molecule has 0 aromatic heterocycles. The predicted octanol–water partition coefficient (Wildman–Crippen LogP) is 1.56. The monoisotopic (exact) mass is 256 g/mol. The van der Waals surface area contributed by atoms with Gasteiger partial charge in [0.05, 0.1) is 12.6 Å². The van der Waals surface area contributed by atoms with E-state index in [1.165, 1.54) is 12.1 Å². The Labute approximate surface area is 106 Å². The van der Waals surface area contributed by atoms with Crippen LogP contribution in [0.5, 0.6) is 0 Å². The molecule has 0 unspecified atom stereocenters. The lowest BCUT2D eigenvalue weighted by molar-refractivity contribution is 0.252. The highest BCUT2D eigenvalue weighted by Crippen LogP contribution is 2.01. The van der Waals surface area contributed by atoms with Gasteiger partial charge in [0.25, 0.3) is 0 Å². The van der Waals surface area contributed by atoms with Gasteiger partial charge in [-0.3, -0.25) is 0 Å². The number of rotatable bonds is 5. The predicted molar refractivity (Wildman–Crippen MR) is 70.1 cm³/mol. The molecule has 0 amide bonds. The van der Waals surface area contributed by atoms with E-state index in [4.69, 9.17) is 17.3 Å². The summed E-state index contributed by atoms with van der Waals surface area (Å²) in [5.41, 5.74) is 0.951. The van der Waals surface area contributed by atoms with Gasteiger partial charge in [0.1, 0.15) is 5.82 Å². The smallest absolute Gasteiger partial charge is 0.166 e. The fourth-order valence-electron chi connectivity index (χ4n) is 1.30. The van der Waals surface area contributed by atoms with Gasteiger partial charge in [-0.15, -0.1) is 0 Å². The zero-order chi connectivity index (χ0) is 12.7. The number of thiocarbonyl (C=S) groups is 1. The number of halogens is 1. The van der Waals surface area contributed by atoms with Crippen LogP contribution >= 0.6 is 12.2 Å². The summed E-state index contributed by atoms with van der Waals surface area (Å²) < 4.78 is 12.7. The summed E-state index contributed by atoms with van der Waals surface area (Å²) in [4.78, 5) is 0. The maximum atomic E-state index is 12.7. The van der Waals surface area contributed by atoms with Gasteiger partial charge < -0.3 is 15.7 Å². The average Bonchev–Trinajstić information content (AvgIpc) is 2.35. The zero-order valence-corrected chi connectivity index (χ0v) is 10.6. The summed E-state index contributed by atoms with van der Waals surface area (Å²) in [6.45, 7) is 2.55. The Hall–Kier alpha value is -1.20. The minimum Gasteiger partial charge on any atom is -0.394 e. The van der Waals surface area contributed by atoms with E-state index < -0.39 is 0 Å². The molecule has 0 aliphatic rings. The molecule has 0 fully saturated rings. The Morgan fingerprint density at radius 1 is 1.41 bits per heavy atom. The molecule has 3 nitrogen and oxygen atoms in total. The second-order valence-corrected chi connectivity index (χ2v) is 4.15. The first-order chi connectivity index (χ1) is 8.15. The lowest BCUT2D eigenvalue weighted by Crippen LogP contribution is -2.43. The molecule has 0 radical (unpaired) electrons. The summed E-state index contributed by atoms with van der Waals surface area (Å²) in [5, 5.41) is 15.5. The largest absolute Gasteiger partial charge is 0.394 e. The molecule has 1 atom stereocenters. The van der Waals surface area contributed by atoms with E-state index in [2.05, 4.69) is 10.6 Å². The SMILES string of the molecule is CC[C@H](CO)NC(=S)NCc1ccc(F)cc1. The van der Waals surface area contributed by atoms with E-state index in [1.54, 1.807) is 12.1 Å². The highest BCUT2D eigenvalue weighted by Gasteiger charge is 2.05. The van der Waals surface area contributed by atoms with Crippen molar-refractivity contribution in [2.24, 2.45) is 0 Å². The van der Waals surface area contributed by atoms with Gasteiger partial charge in [0.2, 0.25) is 0 Å². The third kappa shape index (κ3) is 5.10. The molecule has 0 bridgehead atoms. The molecule has 94 valence electrons. The van der Waals surface area contributed by atoms with E-state index in [9.17, 15) is 4.39 Å². The van der Waals surface area contributed by atoms with Crippen LogP contribution in [0.15, 0.2) is 24.3 Å². The van der Waals surface area contributed by atoms with Gasteiger partial charge in [0, 0.05) is 6.54 Å². The van der Waals surface area contributed by atoms with Crippen LogP contribution in [-0.2, 0) is 6.54 Å². The number of aliphatic hydroxyl groups is 1. The van der Waals surface area contributed by atoms with E-state index in [-0.39, 0.29) is 18.5 Å². The molecule has 0 heterocycles. The standard InChI is InChI=1S/C12H17FN2OS/c1-2-11(8-16)15-12(17)14-7-9-3-5-10(13)6-4-9/h3-6,11,16H,2,7-8H2,1H3,(H2,14,15,17)/t11-/m1/s1. The van der Waals surface area contributed by atoms with Gasteiger partial charge in [-0.1, -0.05) is 19.1 Å². The molecular weight excluding hydrogens is 239 g/mol. The quantitative estimate of drug-likeness (QED) is 0.700. The maximum absolute atomic E-state index is 12.7. The number of benzene rings is 1. The van der Waals surface area contributed by atoms with Gasteiger partial charge >= 0.3 is 0 Å². The number of hydrogen-bond acceptors (Lipinski definition) is 2. The Morgan fingerprint density at radius 2 is 2.06 bits per heavy atom.